The molecule has 4 atom stereocenters. The molecule has 0 bridgehead atoms. The Morgan fingerprint density at radius 2 is 1.10 bits per heavy atom. The highest BCUT2D eigenvalue weighted by Gasteiger charge is 2.24. The second-order valence-electron chi connectivity index (χ2n) is 6.14. The number of nitrogens with one attached hydrogen (secondary N) is 2. The van der Waals surface area contributed by atoms with Gasteiger partial charge in [-0.15, -0.1) is 0 Å². The van der Waals surface area contributed by atoms with Crippen LogP contribution in [0.4, 0.5) is 0 Å². The standard InChI is InChI=1S/C16H30N4O6S4/c1-27-5-3-11(15(23)24)19-13(21)9(17)7-29-30-8-10(18)14(22)20-12(16(25)26)4-6-28-2/h9-12H,3-8,17-18H2,1-2H3,(H,19,21)(H,20,22)(H,23,24)(H,25,26). The van der Waals surface area contributed by atoms with E-state index in [9.17, 15) is 19.2 Å². The number of nitrogens with two attached hydrogens (primary N) is 2. The van der Waals surface area contributed by atoms with Gasteiger partial charge in [-0.05, 0) is 36.9 Å². The summed E-state index contributed by atoms with van der Waals surface area (Å²) in [5.74, 6) is -1.75. The van der Waals surface area contributed by atoms with E-state index in [0.29, 0.717) is 24.3 Å². The molecule has 14 heteroatoms. The summed E-state index contributed by atoms with van der Waals surface area (Å²) in [4.78, 5) is 46.5. The molecule has 0 saturated heterocycles. The number of amides is 2. The Kier molecular flexibility index (Phi) is 16.4. The van der Waals surface area contributed by atoms with Crippen molar-refractivity contribution in [2.75, 3.05) is 35.5 Å². The van der Waals surface area contributed by atoms with Crippen molar-refractivity contribution in [1.29, 1.82) is 0 Å². The van der Waals surface area contributed by atoms with Gasteiger partial charge < -0.3 is 32.3 Å². The van der Waals surface area contributed by atoms with Crippen molar-refractivity contribution in [2.45, 2.75) is 37.0 Å². The van der Waals surface area contributed by atoms with E-state index in [1.54, 1.807) is 0 Å². The van der Waals surface area contributed by atoms with Gasteiger partial charge >= 0.3 is 11.9 Å². The molecule has 0 aliphatic heterocycles. The molecular formula is C16H30N4O6S4. The van der Waals surface area contributed by atoms with Crippen LogP contribution in [0, 0.1) is 0 Å². The van der Waals surface area contributed by atoms with Gasteiger partial charge in [0.05, 0.1) is 12.1 Å². The van der Waals surface area contributed by atoms with E-state index in [2.05, 4.69) is 10.6 Å². The van der Waals surface area contributed by atoms with E-state index in [1.165, 1.54) is 45.1 Å². The quantitative estimate of drug-likeness (QED) is 0.112. The third-order valence-electron chi connectivity index (χ3n) is 3.70. The van der Waals surface area contributed by atoms with Crippen LogP contribution in [0.2, 0.25) is 0 Å². The molecule has 0 aromatic rings. The van der Waals surface area contributed by atoms with Gasteiger partial charge in [0.25, 0.3) is 0 Å². The molecule has 0 aliphatic rings. The van der Waals surface area contributed by atoms with Crippen LogP contribution in [0.5, 0.6) is 0 Å². The summed E-state index contributed by atoms with van der Waals surface area (Å²) < 4.78 is 0. The predicted molar refractivity (Wildman–Crippen MR) is 126 cm³/mol. The van der Waals surface area contributed by atoms with Crippen molar-refractivity contribution in [2.24, 2.45) is 11.5 Å². The van der Waals surface area contributed by atoms with E-state index in [0.717, 1.165) is 0 Å². The van der Waals surface area contributed by atoms with E-state index >= 15 is 0 Å². The zero-order valence-electron chi connectivity index (χ0n) is 16.9. The van der Waals surface area contributed by atoms with E-state index in [1.807, 2.05) is 12.5 Å². The minimum absolute atomic E-state index is 0.200. The number of hydrogen-bond donors (Lipinski definition) is 6. The van der Waals surface area contributed by atoms with Gasteiger partial charge in [-0.2, -0.15) is 23.5 Å². The Bertz CT molecular complexity index is 524. The van der Waals surface area contributed by atoms with Crippen molar-refractivity contribution in [3.8, 4) is 0 Å². The van der Waals surface area contributed by atoms with Gasteiger partial charge in [-0.1, -0.05) is 21.6 Å². The maximum absolute atomic E-state index is 12.1. The highest BCUT2D eigenvalue weighted by atomic mass is 33.1. The number of aliphatic carboxylic acids is 2. The summed E-state index contributed by atoms with van der Waals surface area (Å²) in [6, 6.07) is -3.80. The zero-order valence-corrected chi connectivity index (χ0v) is 20.1. The number of carbonyl (C=O) groups excluding carboxylic acids is 2. The van der Waals surface area contributed by atoms with Crippen LogP contribution in [-0.2, 0) is 19.2 Å². The molecule has 0 aliphatic carbocycles. The molecule has 0 spiro atoms. The minimum Gasteiger partial charge on any atom is -0.480 e. The molecule has 0 heterocycles. The first-order chi connectivity index (χ1) is 14.1. The predicted octanol–water partition coefficient (Wildman–Crippen LogP) is -0.333. The molecule has 0 radical (unpaired) electrons. The lowest BCUT2D eigenvalue weighted by atomic mass is 10.2. The molecular weight excluding hydrogens is 472 g/mol. The van der Waals surface area contributed by atoms with E-state index in [-0.39, 0.29) is 11.5 Å². The zero-order chi connectivity index (χ0) is 23.1. The number of carbonyl (C=O) groups is 4. The Labute approximate surface area is 192 Å². The fraction of sp³-hybridized carbons (Fsp3) is 0.750. The third-order valence-corrected chi connectivity index (χ3v) is 7.46. The smallest absolute Gasteiger partial charge is 0.326 e. The SMILES string of the molecule is CSCCC(NC(=O)C(N)CSSCC(N)C(=O)NC(CCSC)C(=O)O)C(=O)O. The normalized spacial score (nSPS) is 14.9. The molecule has 8 N–H and O–H groups in total. The first-order valence-corrected chi connectivity index (χ1v) is 14.2. The maximum atomic E-state index is 12.1. The van der Waals surface area contributed by atoms with Gasteiger partial charge in [0.2, 0.25) is 11.8 Å². The molecule has 4 unspecified atom stereocenters. The lowest BCUT2D eigenvalue weighted by Gasteiger charge is -2.18. The lowest BCUT2D eigenvalue weighted by Crippen LogP contribution is -2.50. The molecule has 2 amide bonds. The summed E-state index contributed by atoms with van der Waals surface area (Å²) in [6.45, 7) is 0. The van der Waals surface area contributed by atoms with Crippen molar-refractivity contribution in [1.82, 2.24) is 10.6 Å². The fourth-order valence-electron chi connectivity index (χ4n) is 1.94. The number of carboxylic acids is 2. The molecule has 0 fully saturated rings. The minimum atomic E-state index is -1.11. The van der Waals surface area contributed by atoms with Crippen molar-refractivity contribution < 1.29 is 29.4 Å². The largest absolute Gasteiger partial charge is 0.480 e. The Morgan fingerprint density at radius 1 is 0.767 bits per heavy atom. The van der Waals surface area contributed by atoms with Crippen LogP contribution < -0.4 is 22.1 Å². The molecule has 10 nitrogen and oxygen atoms in total. The van der Waals surface area contributed by atoms with Gasteiger partial charge in [0.1, 0.15) is 12.1 Å². The van der Waals surface area contributed by atoms with Crippen LogP contribution in [0.1, 0.15) is 12.8 Å². The van der Waals surface area contributed by atoms with Crippen LogP contribution in [0.3, 0.4) is 0 Å². The summed E-state index contributed by atoms with van der Waals surface area (Å²) in [6.07, 6.45) is 4.29. The van der Waals surface area contributed by atoms with Gasteiger partial charge in [0, 0.05) is 11.5 Å². The monoisotopic (exact) mass is 502 g/mol. The van der Waals surface area contributed by atoms with Gasteiger partial charge in [-0.25, -0.2) is 9.59 Å². The molecule has 0 saturated carbocycles. The van der Waals surface area contributed by atoms with Crippen LogP contribution >= 0.6 is 45.1 Å². The van der Waals surface area contributed by atoms with Crippen molar-refractivity contribution in [3.63, 3.8) is 0 Å². The van der Waals surface area contributed by atoms with Crippen LogP contribution in [-0.4, -0.2) is 93.7 Å². The number of carboxylic acid groups (broad SMARTS) is 2. The van der Waals surface area contributed by atoms with E-state index in [4.69, 9.17) is 21.7 Å². The summed E-state index contributed by atoms with van der Waals surface area (Å²) in [5.41, 5.74) is 11.6. The fourth-order valence-corrected chi connectivity index (χ4v) is 5.13. The third kappa shape index (κ3) is 12.8. The topological polar surface area (TPSA) is 185 Å². The second-order valence-corrected chi connectivity index (χ2v) is 10.7. The second kappa shape index (κ2) is 16.8. The molecule has 0 aromatic carbocycles. The first-order valence-electron chi connectivity index (χ1n) is 8.93. The van der Waals surface area contributed by atoms with Crippen LogP contribution in [0.15, 0.2) is 0 Å². The highest BCUT2D eigenvalue weighted by molar-refractivity contribution is 8.76. The van der Waals surface area contributed by atoms with Crippen molar-refractivity contribution in [3.05, 3.63) is 0 Å². The van der Waals surface area contributed by atoms with E-state index < -0.39 is 47.9 Å². The first kappa shape index (κ1) is 29.2. The molecule has 0 aromatic heterocycles. The Morgan fingerprint density at radius 3 is 1.37 bits per heavy atom. The summed E-state index contributed by atoms with van der Waals surface area (Å²) >= 11 is 2.96. The summed E-state index contributed by atoms with van der Waals surface area (Å²) in [5, 5.41) is 23.1. The van der Waals surface area contributed by atoms with Crippen molar-refractivity contribution >= 4 is 68.9 Å². The average Bonchev–Trinajstić information content (AvgIpc) is 2.70. The number of thioether (sulfide) groups is 2. The number of hydrogen-bond acceptors (Lipinski definition) is 10. The Balaban J connectivity index is 4.29. The molecule has 0 rings (SSSR count). The molecule has 174 valence electrons. The Hall–Kier alpha value is -0.800. The number of rotatable bonds is 17. The lowest BCUT2D eigenvalue weighted by molar-refractivity contribution is -0.142. The summed E-state index contributed by atoms with van der Waals surface area (Å²) in [7, 11) is 2.45. The average molecular weight is 503 g/mol. The maximum Gasteiger partial charge on any atom is 0.326 e. The van der Waals surface area contributed by atoms with Crippen LogP contribution in [0.25, 0.3) is 0 Å². The highest BCUT2D eigenvalue weighted by Crippen LogP contribution is 2.22. The molecule has 30 heavy (non-hydrogen) atoms. The van der Waals surface area contributed by atoms with Gasteiger partial charge in [-0.3, -0.25) is 9.59 Å². The van der Waals surface area contributed by atoms with Gasteiger partial charge in [0.15, 0.2) is 0 Å².